The lowest BCUT2D eigenvalue weighted by molar-refractivity contribution is 0.691. The normalized spacial score (nSPS) is 27.1. The van der Waals surface area contributed by atoms with Gasteiger partial charge in [-0.3, -0.25) is 0 Å². The highest BCUT2D eigenvalue weighted by Crippen LogP contribution is 2.29. The van der Waals surface area contributed by atoms with Gasteiger partial charge in [0.25, 0.3) is 0 Å². The number of alkyl halides is 1. The van der Waals surface area contributed by atoms with Crippen LogP contribution in [0.15, 0.2) is 30.3 Å². The summed E-state index contributed by atoms with van der Waals surface area (Å²) in [4.78, 5) is 0.709. The monoisotopic (exact) mass is 225 g/mol. The van der Waals surface area contributed by atoms with Crippen molar-refractivity contribution < 1.29 is 0 Å². The van der Waals surface area contributed by atoms with Crippen molar-refractivity contribution in [3.8, 4) is 0 Å². The molecule has 2 atom stereocenters. The van der Waals surface area contributed by atoms with E-state index in [9.17, 15) is 0 Å². The molecule has 0 aliphatic heterocycles. The zero-order valence-electron chi connectivity index (χ0n) is 6.83. The maximum absolute atomic E-state index is 3.56. The van der Waals surface area contributed by atoms with Crippen molar-refractivity contribution in [3.05, 3.63) is 35.9 Å². The molecule has 0 radical (unpaired) electrons. The predicted octanol–water partition coefficient (Wildman–Crippen LogP) is 2.31. The van der Waals surface area contributed by atoms with E-state index in [2.05, 4.69) is 45.5 Å². The Bertz CT molecular complexity index is 247. The Morgan fingerprint density at radius 3 is 2.58 bits per heavy atom. The van der Waals surface area contributed by atoms with Gasteiger partial charge in [0.1, 0.15) is 0 Å². The Balaban J connectivity index is 1.80. The van der Waals surface area contributed by atoms with Gasteiger partial charge in [-0.05, 0) is 12.0 Å². The minimum atomic E-state index is 0.699. The van der Waals surface area contributed by atoms with Gasteiger partial charge in [0.2, 0.25) is 0 Å². The van der Waals surface area contributed by atoms with Gasteiger partial charge in [-0.2, -0.15) is 0 Å². The van der Waals surface area contributed by atoms with Crippen LogP contribution in [0.2, 0.25) is 0 Å². The van der Waals surface area contributed by atoms with Crippen molar-refractivity contribution in [1.29, 1.82) is 0 Å². The van der Waals surface area contributed by atoms with Crippen molar-refractivity contribution in [2.45, 2.75) is 23.8 Å². The fourth-order valence-corrected chi connectivity index (χ4v) is 1.81. The van der Waals surface area contributed by atoms with Crippen molar-refractivity contribution in [3.63, 3.8) is 0 Å². The largest absolute Gasteiger partial charge is 0.309 e. The van der Waals surface area contributed by atoms with Crippen LogP contribution in [0.25, 0.3) is 0 Å². The van der Waals surface area contributed by atoms with Crippen molar-refractivity contribution in [2.24, 2.45) is 0 Å². The molecule has 1 fully saturated rings. The van der Waals surface area contributed by atoms with Crippen LogP contribution in [0, 0.1) is 0 Å². The first-order valence-electron chi connectivity index (χ1n) is 4.27. The van der Waals surface area contributed by atoms with Crippen molar-refractivity contribution in [2.75, 3.05) is 0 Å². The van der Waals surface area contributed by atoms with Crippen LogP contribution in [0.5, 0.6) is 0 Å². The fraction of sp³-hybridized carbons (Fsp3) is 0.400. The summed E-state index contributed by atoms with van der Waals surface area (Å²) in [5, 5.41) is 3.48. The van der Waals surface area contributed by atoms with Crippen LogP contribution in [-0.2, 0) is 6.54 Å². The van der Waals surface area contributed by atoms with Crippen LogP contribution in [0.1, 0.15) is 12.0 Å². The van der Waals surface area contributed by atoms with E-state index in [0.717, 1.165) is 6.54 Å². The summed E-state index contributed by atoms with van der Waals surface area (Å²) in [7, 11) is 0. The lowest BCUT2D eigenvalue weighted by Gasteiger charge is -2.01. The molecule has 12 heavy (non-hydrogen) atoms. The van der Waals surface area contributed by atoms with Gasteiger partial charge in [0.15, 0.2) is 0 Å². The summed E-state index contributed by atoms with van der Waals surface area (Å²) in [6.07, 6.45) is 1.27. The molecule has 0 spiro atoms. The van der Waals surface area contributed by atoms with Gasteiger partial charge in [-0.1, -0.05) is 46.3 Å². The number of rotatable bonds is 3. The first kappa shape index (κ1) is 8.27. The second-order valence-electron chi connectivity index (χ2n) is 3.22. The second kappa shape index (κ2) is 3.58. The van der Waals surface area contributed by atoms with E-state index in [1.807, 2.05) is 6.07 Å². The standard InChI is InChI=1S/C10H12BrN/c11-9-6-10(9)12-7-8-4-2-1-3-5-8/h1-5,9-10,12H,6-7H2. The molecule has 0 amide bonds. The Morgan fingerprint density at radius 2 is 2.00 bits per heavy atom. The highest BCUT2D eigenvalue weighted by molar-refractivity contribution is 9.09. The van der Waals surface area contributed by atoms with Crippen LogP contribution in [-0.4, -0.2) is 10.9 Å². The van der Waals surface area contributed by atoms with E-state index in [0.29, 0.717) is 10.9 Å². The van der Waals surface area contributed by atoms with Crippen molar-refractivity contribution >= 4 is 15.9 Å². The van der Waals surface area contributed by atoms with Crippen LogP contribution < -0.4 is 5.32 Å². The third-order valence-corrected chi connectivity index (χ3v) is 3.14. The highest BCUT2D eigenvalue weighted by Gasteiger charge is 2.33. The number of benzene rings is 1. The summed E-state index contributed by atoms with van der Waals surface area (Å²) in [5.74, 6) is 0. The first-order chi connectivity index (χ1) is 5.86. The number of hydrogen-bond donors (Lipinski definition) is 1. The molecule has 0 bridgehead atoms. The maximum Gasteiger partial charge on any atom is 0.0315 e. The smallest absolute Gasteiger partial charge is 0.0315 e. The lowest BCUT2D eigenvalue weighted by atomic mass is 10.2. The molecule has 2 unspecified atom stereocenters. The molecule has 0 heterocycles. The van der Waals surface area contributed by atoms with E-state index in [1.165, 1.54) is 12.0 Å². The molecule has 1 N–H and O–H groups in total. The van der Waals surface area contributed by atoms with Gasteiger partial charge in [0, 0.05) is 17.4 Å². The van der Waals surface area contributed by atoms with Gasteiger partial charge < -0.3 is 5.32 Å². The molecule has 64 valence electrons. The number of hydrogen-bond acceptors (Lipinski definition) is 1. The molecule has 0 aromatic heterocycles. The van der Waals surface area contributed by atoms with E-state index in [1.54, 1.807) is 0 Å². The van der Waals surface area contributed by atoms with Gasteiger partial charge in [-0.25, -0.2) is 0 Å². The minimum absolute atomic E-state index is 0.699. The molecular weight excluding hydrogens is 214 g/mol. The molecular formula is C10H12BrN. The van der Waals surface area contributed by atoms with E-state index < -0.39 is 0 Å². The zero-order chi connectivity index (χ0) is 8.39. The van der Waals surface area contributed by atoms with E-state index in [4.69, 9.17) is 0 Å². The first-order valence-corrected chi connectivity index (χ1v) is 5.19. The Morgan fingerprint density at radius 1 is 1.33 bits per heavy atom. The van der Waals surface area contributed by atoms with Crippen LogP contribution in [0.4, 0.5) is 0 Å². The third kappa shape index (κ3) is 2.08. The molecule has 1 aromatic rings. The number of halogens is 1. The third-order valence-electron chi connectivity index (χ3n) is 2.12. The quantitative estimate of drug-likeness (QED) is 0.780. The minimum Gasteiger partial charge on any atom is -0.309 e. The summed E-state index contributed by atoms with van der Waals surface area (Å²) in [5.41, 5.74) is 1.36. The summed E-state index contributed by atoms with van der Waals surface area (Å²) >= 11 is 3.56. The molecule has 1 aliphatic rings. The summed E-state index contributed by atoms with van der Waals surface area (Å²) in [6, 6.07) is 11.2. The highest BCUT2D eigenvalue weighted by atomic mass is 79.9. The molecule has 1 nitrogen and oxygen atoms in total. The molecule has 1 aromatic carbocycles. The Hall–Kier alpha value is -0.340. The topological polar surface area (TPSA) is 12.0 Å². The lowest BCUT2D eigenvalue weighted by Crippen LogP contribution is -2.17. The Kier molecular flexibility index (Phi) is 2.47. The zero-order valence-corrected chi connectivity index (χ0v) is 8.42. The van der Waals surface area contributed by atoms with Crippen LogP contribution in [0.3, 0.4) is 0 Å². The van der Waals surface area contributed by atoms with E-state index >= 15 is 0 Å². The summed E-state index contributed by atoms with van der Waals surface area (Å²) < 4.78 is 0. The second-order valence-corrected chi connectivity index (χ2v) is 4.40. The average Bonchev–Trinajstić information content (AvgIpc) is 2.81. The average molecular weight is 226 g/mol. The SMILES string of the molecule is BrC1CC1NCc1ccccc1. The maximum atomic E-state index is 3.56. The molecule has 0 saturated heterocycles. The van der Waals surface area contributed by atoms with Gasteiger partial charge >= 0.3 is 0 Å². The van der Waals surface area contributed by atoms with Gasteiger partial charge in [-0.15, -0.1) is 0 Å². The molecule has 1 aliphatic carbocycles. The number of nitrogens with one attached hydrogen (secondary N) is 1. The van der Waals surface area contributed by atoms with Crippen molar-refractivity contribution in [1.82, 2.24) is 5.32 Å². The van der Waals surface area contributed by atoms with Crippen LogP contribution >= 0.6 is 15.9 Å². The summed E-state index contributed by atoms with van der Waals surface area (Å²) in [6.45, 7) is 0.994. The van der Waals surface area contributed by atoms with E-state index in [-0.39, 0.29) is 0 Å². The molecule has 1 saturated carbocycles. The molecule has 2 heteroatoms. The predicted molar refractivity (Wildman–Crippen MR) is 54.4 cm³/mol. The Labute approximate surface area is 81.3 Å². The van der Waals surface area contributed by atoms with Gasteiger partial charge in [0.05, 0.1) is 0 Å². The fourth-order valence-electron chi connectivity index (χ4n) is 1.22. The molecule has 2 rings (SSSR count).